The number of carbonyl (C=O) groups excluding carboxylic acids is 2. The molecule has 2 unspecified atom stereocenters. The van der Waals surface area contributed by atoms with Crippen molar-refractivity contribution in [3.05, 3.63) is 0 Å². The summed E-state index contributed by atoms with van der Waals surface area (Å²) in [7, 11) is 1.31. The number of hydrogen-bond donors (Lipinski definition) is 0. The van der Waals surface area contributed by atoms with E-state index in [1.165, 1.54) is 64.7 Å². The lowest BCUT2D eigenvalue weighted by molar-refractivity contribution is -0.870. The molecule has 0 spiro atoms. The molecule has 0 aliphatic rings. The number of quaternary nitrogens is 1. The Morgan fingerprint density at radius 1 is 0.806 bits per heavy atom. The Labute approximate surface area is 219 Å². The maximum Gasteiger partial charge on any atom is 0.315 e. The van der Waals surface area contributed by atoms with Crippen molar-refractivity contribution >= 4 is 19.6 Å². The molecule has 0 amide bonds. The number of rotatable bonds is 25. The maximum atomic E-state index is 11.9. The lowest BCUT2D eigenvalue weighted by Crippen LogP contribution is -2.37. The predicted octanol–water partition coefficient (Wildman–Crippen LogP) is 5.15. The van der Waals surface area contributed by atoms with Crippen LogP contribution < -0.4 is 4.89 Å². The summed E-state index contributed by atoms with van der Waals surface area (Å²) >= 11 is 0. The minimum Gasteiger partial charge on any atom is -0.756 e. The minimum atomic E-state index is -4.46. The van der Waals surface area contributed by atoms with Gasteiger partial charge in [-0.15, -0.1) is 0 Å². The molecule has 2 atom stereocenters. The van der Waals surface area contributed by atoms with Crippen molar-refractivity contribution in [3.8, 4) is 0 Å². The highest BCUT2D eigenvalue weighted by molar-refractivity contribution is 7.45. The number of phosphoric ester groups is 1. The third-order valence-electron chi connectivity index (χ3n) is 5.57. The van der Waals surface area contributed by atoms with E-state index in [-0.39, 0.29) is 31.8 Å². The normalized spacial score (nSPS) is 14.4. The minimum absolute atomic E-state index is 0.0107. The highest BCUT2D eigenvalue weighted by atomic mass is 31.2. The summed E-state index contributed by atoms with van der Waals surface area (Å²) in [5.74, 6) is -1.02. The predicted molar refractivity (Wildman–Crippen MR) is 139 cm³/mol. The Bertz CT molecular complexity index is 624. The van der Waals surface area contributed by atoms with Gasteiger partial charge in [-0.05, 0) is 13.3 Å². The van der Waals surface area contributed by atoms with E-state index in [1.807, 2.05) is 21.1 Å². The third-order valence-corrected chi connectivity index (χ3v) is 6.57. The molecule has 10 heteroatoms. The number of Topliss-reactive ketones (excluding diaryl/α,β-unsaturated/α-hetero) is 1. The van der Waals surface area contributed by atoms with Gasteiger partial charge in [-0.2, -0.15) is 0 Å². The van der Waals surface area contributed by atoms with Crippen molar-refractivity contribution in [2.75, 3.05) is 47.5 Å². The van der Waals surface area contributed by atoms with Crippen LogP contribution in [0.5, 0.6) is 0 Å². The molecule has 0 fully saturated rings. The van der Waals surface area contributed by atoms with Crippen molar-refractivity contribution in [3.63, 3.8) is 0 Å². The van der Waals surface area contributed by atoms with Crippen molar-refractivity contribution in [1.29, 1.82) is 0 Å². The number of carbonyl (C=O) groups is 2. The van der Waals surface area contributed by atoms with E-state index in [1.54, 1.807) is 0 Å². The number of likely N-dealkylation sites (N-methyl/N-ethyl adjacent to an activating group) is 1. The molecule has 0 aliphatic heterocycles. The van der Waals surface area contributed by atoms with Crippen molar-refractivity contribution < 1.29 is 42.1 Å². The molecule has 0 saturated carbocycles. The largest absolute Gasteiger partial charge is 0.756 e. The van der Waals surface area contributed by atoms with E-state index < -0.39 is 20.1 Å². The molecule has 9 nitrogen and oxygen atoms in total. The zero-order valence-electron chi connectivity index (χ0n) is 23.5. The summed E-state index contributed by atoms with van der Waals surface area (Å²) in [6.07, 6.45) is 13.4. The van der Waals surface area contributed by atoms with Crippen LogP contribution in [0.3, 0.4) is 0 Å². The Balaban J connectivity index is 4.17. The number of phosphoric acid groups is 1. The van der Waals surface area contributed by atoms with Gasteiger partial charge in [-0.3, -0.25) is 14.2 Å². The first-order chi connectivity index (χ1) is 16.9. The third kappa shape index (κ3) is 24.8. The molecule has 214 valence electrons. The van der Waals surface area contributed by atoms with Gasteiger partial charge in [-0.25, -0.2) is 0 Å². The number of nitrogens with zero attached hydrogens (tertiary/aromatic N) is 1. The second-order valence-corrected chi connectivity index (χ2v) is 11.9. The van der Waals surface area contributed by atoms with E-state index in [0.717, 1.165) is 19.3 Å². The van der Waals surface area contributed by atoms with Crippen LogP contribution in [0.15, 0.2) is 0 Å². The van der Waals surface area contributed by atoms with Crippen LogP contribution in [0.25, 0.3) is 0 Å². The summed E-state index contributed by atoms with van der Waals surface area (Å²) in [6, 6.07) is 0. The fourth-order valence-corrected chi connectivity index (χ4v) is 4.16. The zero-order chi connectivity index (χ0) is 27.3. The molecule has 0 aliphatic carbocycles. The van der Waals surface area contributed by atoms with Gasteiger partial charge in [0.25, 0.3) is 7.82 Å². The average molecular weight is 538 g/mol. The highest BCUT2D eigenvalue weighted by Crippen LogP contribution is 2.38. The van der Waals surface area contributed by atoms with Crippen molar-refractivity contribution in [2.24, 2.45) is 0 Å². The Kier molecular flexibility index (Phi) is 20.7. The van der Waals surface area contributed by atoms with Crippen LogP contribution in [0, 0.1) is 0 Å². The number of hydrogen-bond acceptors (Lipinski definition) is 8. The van der Waals surface area contributed by atoms with Crippen molar-refractivity contribution in [1.82, 2.24) is 0 Å². The summed E-state index contributed by atoms with van der Waals surface area (Å²) in [6.45, 7) is 4.18. The summed E-state index contributed by atoms with van der Waals surface area (Å²) in [5.41, 5.74) is 0. The average Bonchev–Trinajstić information content (AvgIpc) is 2.75. The first-order valence-corrected chi connectivity index (χ1v) is 15.1. The fraction of sp³-hybridized carbons (Fsp3) is 0.923. The lowest BCUT2D eigenvalue weighted by Gasteiger charge is -2.27. The van der Waals surface area contributed by atoms with Gasteiger partial charge in [0.2, 0.25) is 6.29 Å². The smallest absolute Gasteiger partial charge is 0.315 e. The second kappa shape index (κ2) is 21.1. The van der Waals surface area contributed by atoms with Gasteiger partial charge in [0, 0.05) is 6.42 Å². The van der Waals surface area contributed by atoms with E-state index in [0.29, 0.717) is 17.6 Å². The molecular formula is C26H52NO8P. The Hall–Kier alpha value is -0.830. The molecule has 0 saturated heterocycles. The zero-order valence-corrected chi connectivity index (χ0v) is 24.4. The highest BCUT2D eigenvalue weighted by Gasteiger charge is 2.19. The lowest BCUT2D eigenvalue weighted by atomic mass is 10.1. The van der Waals surface area contributed by atoms with E-state index in [2.05, 4.69) is 6.92 Å². The molecular weight excluding hydrogens is 485 g/mol. The van der Waals surface area contributed by atoms with Gasteiger partial charge < -0.3 is 27.9 Å². The van der Waals surface area contributed by atoms with Crippen LogP contribution in [0.2, 0.25) is 0 Å². The molecule has 0 aromatic rings. The topological polar surface area (TPSA) is 111 Å². The summed E-state index contributed by atoms with van der Waals surface area (Å²) in [5, 5.41) is 0. The van der Waals surface area contributed by atoms with E-state index in [9.17, 15) is 19.0 Å². The van der Waals surface area contributed by atoms with Gasteiger partial charge in [0.1, 0.15) is 25.4 Å². The number of ketones is 1. The maximum absolute atomic E-state index is 11.9. The Morgan fingerprint density at radius 3 is 1.81 bits per heavy atom. The summed E-state index contributed by atoms with van der Waals surface area (Å²) in [4.78, 5) is 35.0. The van der Waals surface area contributed by atoms with Gasteiger partial charge >= 0.3 is 5.97 Å². The first-order valence-electron chi connectivity index (χ1n) is 13.7. The molecule has 0 aromatic carbocycles. The van der Waals surface area contributed by atoms with Crippen molar-refractivity contribution in [2.45, 2.75) is 110 Å². The molecule has 0 radical (unpaired) electrons. The van der Waals surface area contributed by atoms with Crippen LogP contribution in [0.4, 0.5) is 0 Å². The molecule has 0 aromatic heterocycles. The van der Waals surface area contributed by atoms with Crippen LogP contribution in [-0.4, -0.2) is 70.0 Å². The van der Waals surface area contributed by atoms with E-state index >= 15 is 0 Å². The molecule has 0 bridgehead atoms. The first kappa shape index (κ1) is 35.2. The monoisotopic (exact) mass is 537 g/mol. The van der Waals surface area contributed by atoms with E-state index in [4.69, 9.17) is 18.5 Å². The number of esters is 1. The van der Waals surface area contributed by atoms with Crippen LogP contribution >= 0.6 is 7.82 Å². The van der Waals surface area contributed by atoms with Gasteiger partial charge in [-0.1, -0.05) is 77.6 Å². The standard InChI is InChI=1S/C26H52NO8P/c1-6-7-8-9-10-11-12-13-14-15-16-17-20-32-26(35-25(29)23-24(2)28)18-21-33-36(30,31)34-22-19-27(3,4)5/h26H,6-23H2,1-5H3. The fourth-order valence-electron chi connectivity index (χ4n) is 3.45. The van der Waals surface area contributed by atoms with Gasteiger partial charge in [0.05, 0.1) is 34.4 Å². The SMILES string of the molecule is CCCCCCCCCCCCCCOC(CCOP(=O)([O-])OCC[N+](C)(C)C)OC(=O)CC(C)=O. The molecule has 0 rings (SSSR count). The molecule has 0 heterocycles. The molecule has 36 heavy (non-hydrogen) atoms. The second-order valence-electron chi connectivity index (χ2n) is 10.5. The van der Waals surface area contributed by atoms with Crippen LogP contribution in [0.1, 0.15) is 104 Å². The number of unbranched alkanes of at least 4 members (excludes halogenated alkanes) is 11. The van der Waals surface area contributed by atoms with Crippen LogP contribution in [-0.2, 0) is 32.7 Å². The quantitative estimate of drug-likeness (QED) is 0.0393. The Morgan fingerprint density at radius 2 is 1.31 bits per heavy atom. The van der Waals surface area contributed by atoms with Gasteiger partial charge in [0.15, 0.2) is 0 Å². The summed E-state index contributed by atoms with van der Waals surface area (Å²) < 4.78 is 33.1. The molecule has 0 N–H and O–H groups in total. The number of ether oxygens (including phenoxy) is 2.